The lowest BCUT2D eigenvalue weighted by molar-refractivity contribution is 0.627. The molecule has 0 fully saturated rings. The molecule has 1 nitrogen and oxygen atoms in total. The molecule has 0 radical (unpaired) electrons. The Bertz CT molecular complexity index is 248. The number of hydrogen-bond acceptors (Lipinski definition) is 1. The number of nitrogens with two attached hydrogens (primary N) is 1. The molecule has 0 aliphatic heterocycles. The highest BCUT2D eigenvalue weighted by molar-refractivity contribution is 6.37. The van der Waals surface area contributed by atoms with E-state index in [4.69, 9.17) is 5.73 Å². The minimum Gasteiger partial charge on any atom is -0.331 e. The summed E-state index contributed by atoms with van der Waals surface area (Å²) in [6.07, 6.45) is 1.06. The van der Waals surface area contributed by atoms with Crippen LogP contribution in [0.15, 0.2) is 24.3 Å². The van der Waals surface area contributed by atoms with Crippen LogP contribution in [0, 0.1) is 5.82 Å². The first kappa shape index (κ1) is 10.4. The van der Waals surface area contributed by atoms with Crippen molar-refractivity contribution in [1.29, 1.82) is 0 Å². The van der Waals surface area contributed by atoms with E-state index in [1.165, 1.54) is 17.7 Å². The van der Waals surface area contributed by atoms with Gasteiger partial charge >= 0.3 is 0 Å². The van der Waals surface area contributed by atoms with Gasteiger partial charge in [-0.3, -0.25) is 0 Å². The maximum absolute atomic E-state index is 12.5. The molecule has 0 bridgehead atoms. The lowest BCUT2D eigenvalue weighted by Crippen LogP contribution is -2.27. The molecule has 13 heavy (non-hydrogen) atoms. The summed E-state index contributed by atoms with van der Waals surface area (Å²) in [5, 5.41) is 0. The molecular formula is C10H16FNSi. The lowest BCUT2D eigenvalue weighted by Gasteiger charge is -2.06. The summed E-state index contributed by atoms with van der Waals surface area (Å²) >= 11 is 0. The van der Waals surface area contributed by atoms with Crippen LogP contribution in [0.5, 0.6) is 0 Å². The number of benzene rings is 1. The lowest BCUT2D eigenvalue weighted by atomic mass is 10.2. The van der Waals surface area contributed by atoms with Crippen LogP contribution in [0.2, 0.25) is 0 Å². The van der Waals surface area contributed by atoms with Crippen LogP contribution in [-0.2, 0) is 6.04 Å². The Morgan fingerprint density at radius 1 is 1.38 bits per heavy atom. The molecule has 0 saturated carbocycles. The van der Waals surface area contributed by atoms with Crippen LogP contribution in [-0.4, -0.2) is 15.2 Å². The highest BCUT2D eigenvalue weighted by Gasteiger charge is 2.00. The molecule has 0 aliphatic rings. The summed E-state index contributed by atoms with van der Waals surface area (Å²) in [5.41, 5.74) is 7.47. The van der Waals surface area contributed by atoms with Gasteiger partial charge in [0, 0.05) is 9.52 Å². The number of halogens is 1. The van der Waals surface area contributed by atoms with Crippen molar-refractivity contribution in [2.24, 2.45) is 5.73 Å². The third kappa shape index (κ3) is 3.70. The van der Waals surface area contributed by atoms with Crippen molar-refractivity contribution < 1.29 is 4.39 Å². The molecule has 0 spiro atoms. The maximum Gasteiger partial charge on any atom is 0.123 e. The van der Waals surface area contributed by atoms with Gasteiger partial charge in [-0.2, -0.15) is 0 Å². The van der Waals surface area contributed by atoms with Crippen LogP contribution in [0.1, 0.15) is 18.9 Å². The van der Waals surface area contributed by atoms with Crippen molar-refractivity contribution in [3.05, 3.63) is 35.6 Å². The zero-order valence-corrected chi connectivity index (χ0v) is 9.38. The summed E-state index contributed by atoms with van der Waals surface area (Å²) in [5.74, 6) is -0.162. The SMILES string of the molecule is CCC(N)[SiH2]Cc1ccc(F)cc1. The summed E-state index contributed by atoms with van der Waals surface area (Å²) in [4.78, 5) is 0. The quantitative estimate of drug-likeness (QED) is 0.721. The molecule has 1 aromatic carbocycles. The summed E-state index contributed by atoms with van der Waals surface area (Å²) in [6, 6.07) is 7.81. The van der Waals surface area contributed by atoms with E-state index >= 15 is 0 Å². The monoisotopic (exact) mass is 197 g/mol. The molecule has 0 aliphatic carbocycles. The molecule has 1 aromatic rings. The van der Waals surface area contributed by atoms with Gasteiger partial charge in [-0.25, -0.2) is 4.39 Å². The van der Waals surface area contributed by atoms with E-state index in [0.29, 0.717) is 5.67 Å². The number of hydrogen-bond donors (Lipinski definition) is 1. The van der Waals surface area contributed by atoms with Crippen molar-refractivity contribution >= 4 is 9.52 Å². The first-order chi connectivity index (χ1) is 6.22. The summed E-state index contributed by atoms with van der Waals surface area (Å²) < 4.78 is 12.5. The maximum atomic E-state index is 12.5. The van der Waals surface area contributed by atoms with Crippen molar-refractivity contribution in [2.45, 2.75) is 25.1 Å². The Kier molecular flexibility index (Phi) is 4.12. The van der Waals surface area contributed by atoms with Crippen LogP contribution >= 0.6 is 0 Å². The second-order valence-electron chi connectivity index (χ2n) is 3.33. The molecule has 2 N–H and O–H groups in total. The fourth-order valence-electron chi connectivity index (χ4n) is 1.21. The van der Waals surface area contributed by atoms with Gasteiger partial charge in [0.2, 0.25) is 0 Å². The molecule has 0 amide bonds. The third-order valence-electron chi connectivity index (χ3n) is 2.24. The van der Waals surface area contributed by atoms with E-state index in [-0.39, 0.29) is 15.3 Å². The zero-order chi connectivity index (χ0) is 9.68. The fourth-order valence-corrected chi connectivity index (χ4v) is 2.65. The van der Waals surface area contributed by atoms with E-state index in [1.807, 2.05) is 12.1 Å². The number of rotatable bonds is 4. The van der Waals surface area contributed by atoms with Crippen LogP contribution in [0.3, 0.4) is 0 Å². The minimum absolute atomic E-state index is 0.162. The van der Waals surface area contributed by atoms with Gasteiger partial charge in [-0.1, -0.05) is 24.6 Å². The Labute approximate surface area is 81.0 Å². The average molecular weight is 197 g/mol. The first-order valence-corrected chi connectivity index (χ1v) is 6.54. The van der Waals surface area contributed by atoms with Gasteiger partial charge in [0.25, 0.3) is 0 Å². The molecule has 1 rings (SSSR count). The van der Waals surface area contributed by atoms with Crippen molar-refractivity contribution in [3.63, 3.8) is 0 Å². The molecule has 1 unspecified atom stereocenters. The molecular weight excluding hydrogens is 181 g/mol. The topological polar surface area (TPSA) is 26.0 Å². The fraction of sp³-hybridized carbons (Fsp3) is 0.400. The third-order valence-corrected chi connectivity index (χ3v) is 4.43. The van der Waals surface area contributed by atoms with Crippen molar-refractivity contribution in [3.8, 4) is 0 Å². The predicted molar refractivity (Wildman–Crippen MR) is 56.9 cm³/mol. The van der Waals surface area contributed by atoms with E-state index in [9.17, 15) is 4.39 Å². The Morgan fingerprint density at radius 2 is 2.00 bits per heavy atom. The summed E-state index contributed by atoms with van der Waals surface area (Å²) in [7, 11) is -0.220. The molecule has 72 valence electrons. The van der Waals surface area contributed by atoms with Gasteiger partial charge in [0.05, 0.1) is 0 Å². The van der Waals surface area contributed by atoms with E-state index in [2.05, 4.69) is 6.92 Å². The predicted octanol–water partition coefficient (Wildman–Crippen LogP) is 1.19. The normalized spacial score (nSPS) is 13.8. The minimum atomic E-state index is -0.220. The Balaban J connectivity index is 2.41. The van der Waals surface area contributed by atoms with Gasteiger partial charge in [0.1, 0.15) is 5.82 Å². The van der Waals surface area contributed by atoms with Gasteiger partial charge in [-0.05, 0) is 30.3 Å². The standard InChI is InChI=1S/C10H16FNSi/c1-2-10(12)13-7-8-3-5-9(11)6-4-8/h3-6,10H,2,7,12-13H2,1H3. The highest BCUT2D eigenvalue weighted by atomic mass is 28.2. The van der Waals surface area contributed by atoms with Crippen molar-refractivity contribution in [1.82, 2.24) is 0 Å². The molecule has 0 saturated heterocycles. The Hall–Kier alpha value is -0.673. The molecule has 0 aromatic heterocycles. The van der Waals surface area contributed by atoms with Gasteiger partial charge < -0.3 is 5.73 Å². The van der Waals surface area contributed by atoms with E-state index < -0.39 is 0 Å². The zero-order valence-electron chi connectivity index (χ0n) is 7.96. The second kappa shape index (κ2) is 5.14. The van der Waals surface area contributed by atoms with Crippen LogP contribution in [0.25, 0.3) is 0 Å². The van der Waals surface area contributed by atoms with E-state index in [1.54, 1.807) is 0 Å². The van der Waals surface area contributed by atoms with Crippen LogP contribution < -0.4 is 5.73 Å². The molecule has 0 heterocycles. The molecule has 1 atom stereocenters. The Morgan fingerprint density at radius 3 is 2.54 bits per heavy atom. The smallest absolute Gasteiger partial charge is 0.123 e. The summed E-state index contributed by atoms with van der Waals surface area (Å²) in [6.45, 7) is 2.11. The van der Waals surface area contributed by atoms with E-state index in [0.717, 1.165) is 12.5 Å². The largest absolute Gasteiger partial charge is 0.331 e. The highest BCUT2D eigenvalue weighted by Crippen LogP contribution is 2.03. The molecule has 3 heteroatoms. The van der Waals surface area contributed by atoms with Gasteiger partial charge in [-0.15, -0.1) is 0 Å². The van der Waals surface area contributed by atoms with Crippen molar-refractivity contribution in [2.75, 3.05) is 0 Å². The first-order valence-electron chi connectivity index (χ1n) is 4.72. The van der Waals surface area contributed by atoms with Crippen LogP contribution in [0.4, 0.5) is 4.39 Å². The average Bonchev–Trinajstić information content (AvgIpc) is 2.16. The van der Waals surface area contributed by atoms with Gasteiger partial charge in [0.15, 0.2) is 0 Å². The second-order valence-corrected chi connectivity index (χ2v) is 5.46.